The number of hydrogen-bond acceptors (Lipinski definition) is 6. The first-order valence-corrected chi connectivity index (χ1v) is 12.9. The van der Waals surface area contributed by atoms with Crippen LogP contribution in [0.15, 0.2) is 58.1 Å². The van der Waals surface area contributed by atoms with Crippen LogP contribution in [0.1, 0.15) is 74.3 Å². The number of aromatic hydroxyl groups is 2. The Morgan fingerprint density at radius 2 is 1.57 bits per heavy atom. The molecule has 5 aliphatic rings. The molecule has 4 aliphatic heterocycles. The molecule has 6 heteroatoms. The predicted octanol–water partition coefficient (Wildman–Crippen LogP) is 4.35. The first-order chi connectivity index (χ1) is 16.9. The molecule has 0 spiro atoms. The van der Waals surface area contributed by atoms with Gasteiger partial charge in [0.25, 0.3) is 0 Å². The summed E-state index contributed by atoms with van der Waals surface area (Å²) in [5.41, 5.74) is 0.994. The van der Waals surface area contributed by atoms with E-state index in [2.05, 4.69) is 0 Å². The van der Waals surface area contributed by atoms with Crippen molar-refractivity contribution in [3.8, 4) is 11.5 Å². The van der Waals surface area contributed by atoms with Gasteiger partial charge in [-0.15, -0.1) is 0 Å². The van der Waals surface area contributed by atoms with Crippen molar-refractivity contribution in [1.82, 2.24) is 0 Å². The summed E-state index contributed by atoms with van der Waals surface area (Å²) >= 11 is 0. The third-order valence-corrected chi connectivity index (χ3v) is 8.86. The van der Waals surface area contributed by atoms with E-state index < -0.39 is 0 Å². The molecule has 6 unspecified atom stereocenters. The van der Waals surface area contributed by atoms with Gasteiger partial charge in [0.2, 0.25) is 10.9 Å². The zero-order valence-electron chi connectivity index (χ0n) is 19.8. The van der Waals surface area contributed by atoms with Crippen molar-refractivity contribution in [2.75, 3.05) is 0 Å². The fourth-order valence-electron chi connectivity index (χ4n) is 7.23. The second-order valence-corrected chi connectivity index (χ2v) is 11.0. The molecule has 4 saturated heterocycles. The van der Waals surface area contributed by atoms with Gasteiger partial charge < -0.3 is 19.7 Å². The van der Waals surface area contributed by atoms with Gasteiger partial charge in [-0.3, -0.25) is 9.59 Å². The molecule has 0 amide bonds. The molecule has 1 saturated carbocycles. The van der Waals surface area contributed by atoms with Gasteiger partial charge in [0.15, 0.2) is 11.5 Å². The van der Waals surface area contributed by atoms with E-state index >= 15 is 0 Å². The van der Waals surface area contributed by atoms with Gasteiger partial charge in [0, 0.05) is 0 Å². The summed E-state index contributed by atoms with van der Waals surface area (Å²) in [7, 11) is 0. The van der Waals surface area contributed by atoms with Gasteiger partial charge in [-0.2, -0.15) is 0 Å². The van der Waals surface area contributed by atoms with E-state index in [1.54, 1.807) is 12.1 Å². The summed E-state index contributed by atoms with van der Waals surface area (Å²) in [6, 6.07) is 13.5. The first kappa shape index (κ1) is 22.7. The predicted molar refractivity (Wildman–Crippen MR) is 131 cm³/mol. The molecule has 7 rings (SSSR count). The molecule has 2 aromatic rings. The zero-order chi connectivity index (χ0) is 24.2. The maximum Gasteiger partial charge on any atom is 0.220 e. The van der Waals surface area contributed by atoms with Gasteiger partial charge >= 0.3 is 0 Å². The molecule has 5 fully saturated rings. The molecule has 4 bridgehead atoms. The van der Waals surface area contributed by atoms with Crippen LogP contribution < -0.4 is 10.9 Å². The molecule has 35 heavy (non-hydrogen) atoms. The molecule has 7 atom stereocenters. The Bertz CT molecular complexity index is 1240. The molecule has 2 N–H and O–H groups in total. The lowest BCUT2D eigenvalue weighted by Crippen LogP contribution is -2.53. The summed E-state index contributed by atoms with van der Waals surface area (Å²) in [6.07, 6.45) is 8.01. The lowest BCUT2D eigenvalue weighted by atomic mass is 9.73. The average Bonchev–Trinajstić information content (AvgIpc) is 3.14. The summed E-state index contributed by atoms with van der Waals surface area (Å²) < 4.78 is 13.5. The minimum absolute atomic E-state index is 0.0116. The van der Waals surface area contributed by atoms with Gasteiger partial charge in [0.05, 0.1) is 23.9 Å². The minimum Gasteiger partial charge on any atom is -0.504 e. The summed E-state index contributed by atoms with van der Waals surface area (Å²) in [4.78, 5) is 24.2. The third-order valence-electron chi connectivity index (χ3n) is 8.86. The average molecular weight is 477 g/mol. The number of hydrogen-bond donors (Lipinski definition) is 2. The highest BCUT2D eigenvalue weighted by atomic mass is 16.6. The quantitative estimate of drug-likeness (QED) is 0.684. The zero-order valence-corrected chi connectivity index (χ0v) is 19.8. The van der Waals surface area contributed by atoms with Crippen LogP contribution in [0.25, 0.3) is 0 Å². The van der Waals surface area contributed by atoms with Crippen LogP contribution in [0, 0.1) is 5.92 Å². The topological polar surface area (TPSA) is 93.1 Å². The molecule has 0 aromatic heterocycles. The Balaban J connectivity index is 1.29. The van der Waals surface area contributed by atoms with Crippen LogP contribution in [0.3, 0.4) is 0 Å². The monoisotopic (exact) mass is 476 g/mol. The van der Waals surface area contributed by atoms with E-state index in [1.165, 1.54) is 18.2 Å². The van der Waals surface area contributed by atoms with Crippen LogP contribution in [0.4, 0.5) is 0 Å². The molecule has 0 radical (unpaired) electrons. The largest absolute Gasteiger partial charge is 0.504 e. The molecular formula is C29H32O6. The Morgan fingerprint density at radius 1 is 0.771 bits per heavy atom. The lowest BCUT2D eigenvalue weighted by Gasteiger charge is -2.48. The van der Waals surface area contributed by atoms with E-state index in [0.29, 0.717) is 5.92 Å². The second-order valence-electron chi connectivity index (χ2n) is 11.0. The molecule has 6 nitrogen and oxygen atoms in total. The Kier molecular flexibility index (Phi) is 5.69. The Morgan fingerprint density at radius 3 is 2.46 bits per heavy atom. The maximum atomic E-state index is 12.3. The second kappa shape index (κ2) is 8.75. The van der Waals surface area contributed by atoms with Crippen LogP contribution in [0.2, 0.25) is 0 Å². The summed E-state index contributed by atoms with van der Waals surface area (Å²) in [6.45, 7) is 0. The van der Waals surface area contributed by atoms with Crippen molar-refractivity contribution in [3.05, 3.63) is 80.1 Å². The van der Waals surface area contributed by atoms with Crippen LogP contribution >= 0.6 is 0 Å². The fourth-order valence-corrected chi connectivity index (χ4v) is 7.23. The van der Waals surface area contributed by atoms with Gasteiger partial charge in [-0.05, 0) is 105 Å². The molecular weight excluding hydrogens is 444 g/mol. The van der Waals surface area contributed by atoms with Crippen LogP contribution in [-0.4, -0.2) is 34.1 Å². The highest BCUT2D eigenvalue weighted by Gasteiger charge is 2.56. The van der Waals surface area contributed by atoms with Crippen LogP contribution in [-0.2, 0) is 9.47 Å². The van der Waals surface area contributed by atoms with Crippen LogP contribution in [0.5, 0.6) is 11.5 Å². The summed E-state index contributed by atoms with van der Waals surface area (Å²) in [5, 5.41) is 19.7. The van der Waals surface area contributed by atoms with Crippen molar-refractivity contribution in [3.63, 3.8) is 0 Å². The normalized spacial score (nSPS) is 36.0. The lowest BCUT2D eigenvalue weighted by molar-refractivity contribution is -0.208. The highest BCUT2D eigenvalue weighted by Crippen LogP contribution is 2.55. The van der Waals surface area contributed by atoms with Crippen molar-refractivity contribution in [1.29, 1.82) is 0 Å². The van der Waals surface area contributed by atoms with Crippen molar-refractivity contribution in [2.45, 2.75) is 87.1 Å². The van der Waals surface area contributed by atoms with E-state index in [0.717, 1.165) is 62.5 Å². The van der Waals surface area contributed by atoms with Gasteiger partial charge in [0.1, 0.15) is 0 Å². The van der Waals surface area contributed by atoms with Gasteiger partial charge in [-0.1, -0.05) is 24.3 Å². The SMILES string of the molecule is O=c1ccc(C2CC3CCC(C2)[C@H](C24CCC(CC(c5cccc(O)c(=O)c5)C2)O4)O3)ccc1O. The van der Waals surface area contributed by atoms with Crippen molar-refractivity contribution >= 4 is 0 Å². The third kappa shape index (κ3) is 4.17. The smallest absolute Gasteiger partial charge is 0.220 e. The van der Waals surface area contributed by atoms with Crippen molar-refractivity contribution in [2.24, 2.45) is 5.92 Å². The summed E-state index contributed by atoms with van der Waals surface area (Å²) in [5.74, 6) is 0.388. The van der Waals surface area contributed by atoms with E-state index in [1.807, 2.05) is 18.2 Å². The first-order valence-electron chi connectivity index (χ1n) is 12.9. The minimum atomic E-state index is -0.358. The standard InChI is InChI=1S/C29H32O6/c30-24-3-1-2-18(15-27(24)33)21-14-23-10-11-29(16-21,35-23)28-19-4-7-22(34-28)13-20(12-19)17-5-8-25(31)26(32)9-6-17/h1-3,5-6,8-9,15,19-23,28H,4,7,10-14,16H2,(H,30,33)(H,31,32)/t19?,20?,21?,22?,23?,28-,29?/m1/s1. The number of rotatable bonds is 3. The molecule has 184 valence electrons. The van der Waals surface area contributed by atoms with E-state index in [4.69, 9.17) is 9.47 Å². The van der Waals surface area contributed by atoms with Gasteiger partial charge in [-0.25, -0.2) is 0 Å². The Hall–Kier alpha value is -2.70. The molecule has 1 aliphatic carbocycles. The fraction of sp³-hybridized carbons (Fsp3) is 0.517. The highest BCUT2D eigenvalue weighted by molar-refractivity contribution is 5.29. The number of ether oxygens (including phenoxy) is 2. The van der Waals surface area contributed by atoms with E-state index in [-0.39, 0.29) is 58.1 Å². The Labute approximate surface area is 204 Å². The van der Waals surface area contributed by atoms with E-state index in [9.17, 15) is 19.8 Å². The molecule has 2 aromatic carbocycles. The van der Waals surface area contributed by atoms with Crippen molar-refractivity contribution < 1.29 is 19.7 Å². The maximum absolute atomic E-state index is 12.3. The number of fused-ring (bicyclic) bond motifs is 7. The molecule has 4 heterocycles.